The number of hydrogen-bond donors (Lipinski definition) is 3. The maximum Gasteiger partial charge on any atom is 0.222 e. The van der Waals surface area contributed by atoms with E-state index in [9.17, 15) is 17.6 Å². The van der Waals surface area contributed by atoms with Crippen molar-refractivity contribution >= 4 is 45.7 Å². The fourth-order valence-corrected chi connectivity index (χ4v) is 4.71. The molecule has 0 radical (unpaired) electrons. The van der Waals surface area contributed by atoms with Crippen LogP contribution < -0.4 is 16.0 Å². The van der Waals surface area contributed by atoms with Gasteiger partial charge in [0.2, 0.25) is 5.91 Å². The highest BCUT2D eigenvalue weighted by Crippen LogP contribution is 2.22. The Labute approximate surface area is 189 Å². The van der Waals surface area contributed by atoms with Gasteiger partial charge in [0, 0.05) is 38.0 Å². The van der Waals surface area contributed by atoms with E-state index in [1.54, 1.807) is 13.1 Å². The number of hydrogen-bond acceptors (Lipinski definition) is 4. The van der Waals surface area contributed by atoms with Crippen molar-refractivity contribution in [3.8, 4) is 0 Å². The summed E-state index contributed by atoms with van der Waals surface area (Å²) >= 11 is 0. The van der Waals surface area contributed by atoms with E-state index in [2.05, 4.69) is 20.9 Å². The Kier molecular flexibility index (Phi) is 9.80. The number of amides is 1. The van der Waals surface area contributed by atoms with E-state index in [1.807, 2.05) is 19.9 Å². The zero-order valence-electron chi connectivity index (χ0n) is 17.0. The molecule has 1 atom stereocenters. The lowest BCUT2D eigenvalue weighted by molar-refractivity contribution is -0.121. The number of halogens is 2. The van der Waals surface area contributed by atoms with Crippen LogP contribution in [0.25, 0.3) is 0 Å². The first-order valence-electron chi connectivity index (χ1n) is 9.32. The topological polar surface area (TPSA) is 99.7 Å². The van der Waals surface area contributed by atoms with Crippen LogP contribution in [0.3, 0.4) is 0 Å². The van der Waals surface area contributed by atoms with Gasteiger partial charge in [-0.15, -0.1) is 24.0 Å². The molecule has 3 N–H and O–H groups in total. The molecule has 1 heterocycles. The molecule has 0 aromatic heterocycles. The maximum atomic E-state index is 13.5. The molecule has 1 aromatic rings. The summed E-state index contributed by atoms with van der Waals surface area (Å²) in [4.78, 5) is 16.1. The molecule has 1 aliphatic heterocycles. The number of aliphatic imine (C=N–C) groups is 1. The third kappa shape index (κ3) is 8.45. The average molecular weight is 540 g/mol. The summed E-state index contributed by atoms with van der Waals surface area (Å²) in [7, 11) is -1.38. The molecular formula is C19H30FIN4O3S. The Morgan fingerprint density at radius 3 is 2.62 bits per heavy atom. The quantitative estimate of drug-likeness (QED) is 0.277. The van der Waals surface area contributed by atoms with Crippen LogP contribution in [-0.2, 0) is 20.0 Å². The Bertz CT molecular complexity index is 830. The average Bonchev–Trinajstić information content (AvgIpc) is 2.96. The fourth-order valence-electron chi connectivity index (χ4n) is 3.04. The molecule has 164 valence electrons. The number of nitrogens with one attached hydrogen (secondary N) is 3. The smallest absolute Gasteiger partial charge is 0.222 e. The molecule has 1 aromatic carbocycles. The fraction of sp³-hybridized carbons (Fsp3) is 0.579. The minimum atomic E-state index is -3.01. The predicted molar refractivity (Wildman–Crippen MR) is 124 cm³/mol. The molecule has 10 heteroatoms. The van der Waals surface area contributed by atoms with Crippen LogP contribution in [0.4, 0.5) is 4.39 Å². The van der Waals surface area contributed by atoms with E-state index in [1.165, 1.54) is 12.1 Å². The summed E-state index contributed by atoms with van der Waals surface area (Å²) in [6.07, 6.45) is 0.685. The van der Waals surface area contributed by atoms with Crippen LogP contribution in [0.1, 0.15) is 32.3 Å². The lowest BCUT2D eigenvalue weighted by Crippen LogP contribution is -2.44. The number of sulfone groups is 1. The second kappa shape index (κ2) is 11.1. The Balaban J connectivity index is 0.00000420. The minimum Gasteiger partial charge on any atom is -0.356 e. The number of rotatable bonds is 7. The number of carbonyl (C=O) groups excluding carboxylic acids is 1. The van der Waals surface area contributed by atoms with Crippen LogP contribution in [-0.4, -0.2) is 58.0 Å². The van der Waals surface area contributed by atoms with Gasteiger partial charge in [0.25, 0.3) is 0 Å². The molecule has 7 nitrogen and oxygen atoms in total. The van der Waals surface area contributed by atoms with Gasteiger partial charge < -0.3 is 16.0 Å². The van der Waals surface area contributed by atoms with E-state index in [0.717, 1.165) is 5.56 Å². The number of nitrogens with zero attached hydrogens (tertiary/aromatic N) is 1. The van der Waals surface area contributed by atoms with Gasteiger partial charge in [0.1, 0.15) is 5.82 Å². The van der Waals surface area contributed by atoms with Gasteiger partial charge >= 0.3 is 0 Å². The van der Waals surface area contributed by atoms with Crippen LogP contribution in [0, 0.1) is 5.82 Å². The van der Waals surface area contributed by atoms with E-state index < -0.39 is 9.84 Å². The molecule has 0 bridgehead atoms. The molecular weight excluding hydrogens is 510 g/mol. The van der Waals surface area contributed by atoms with Crippen LogP contribution in [0.5, 0.6) is 0 Å². The molecule has 1 amide bonds. The van der Waals surface area contributed by atoms with Gasteiger partial charge in [-0.1, -0.05) is 26.0 Å². The third-order valence-electron chi connectivity index (χ3n) is 4.77. The van der Waals surface area contributed by atoms with Crippen molar-refractivity contribution < 1.29 is 17.6 Å². The normalized spacial score (nSPS) is 18.6. The molecule has 2 rings (SSSR count). The number of guanidine groups is 1. The van der Waals surface area contributed by atoms with Gasteiger partial charge in [0.15, 0.2) is 15.8 Å². The molecule has 0 spiro atoms. The van der Waals surface area contributed by atoms with Crippen molar-refractivity contribution in [2.24, 2.45) is 4.99 Å². The van der Waals surface area contributed by atoms with E-state index in [-0.39, 0.29) is 65.1 Å². The van der Waals surface area contributed by atoms with Crippen molar-refractivity contribution in [1.29, 1.82) is 0 Å². The maximum absolute atomic E-state index is 13.5. The van der Waals surface area contributed by atoms with Gasteiger partial charge in [-0.3, -0.25) is 9.79 Å². The zero-order valence-corrected chi connectivity index (χ0v) is 20.1. The highest BCUT2D eigenvalue weighted by atomic mass is 127. The van der Waals surface area contributed by atoms with Crippen molar-refractivity contribution in [3.05, 3.63) is 35.6 Å². The molecule has 1 aliphatic rings. The molecule has 0 saturated carbocycles. The first-order chi connectivity index (χ1) is 13.1. The zero-order chi connectivity index (χ0) is 20.8. The first kappa shape index (κ1) is 25.6. The summed E-state index contributed by atoms with van der Waals surface area (Å²) in [5, 5.41) is 9.01. The first-order valence-corrected chi connectivity index (χ1v) is 11.1. The summed E-state index contributed by atoms with van der Waals surface area (Å²) in [5.41, 5.74) is 0.562. The van der Waals surface area contributed by atoms with Crippen LogP contribution in [0.2, 0.25) is 0 Å². The highest BCUT2D eigenvalue weighted by molar-refractivity contribution is 14.0. The van der Waals surface area contributed by atoms with Crippen molar-refractivity contribution in [2.45, 2.75) is 38.1 Å². The summed E-state index contributed by atoms with van der Waals surface area (Å²) < 4.78 is 36.3. The molecule has 1 unspecified atom stereocenters. The summed E-state index contributed by atoms with van der Waals surface area (Å²) in [6.45, 7) is 4.91. The van der Waals surface area contributed by atoms with Crippen molar-refractivity contribution in [2.75, 3.05) is 31.6 Å². The second-order valence-corrected chi connectivity index (χ2v) is 9.89. The van der Waals surface area contributed by atoms with Crippen LogP contribution in [0.15, 0.2) is 29.3 Å². The van der Waals surface area contributed by atoms with E-state index in [0.29, 0.717) is 25.5 Å². The highest BCUT2D eigenvalue weighted by Gasteiger charge is 2.28. The minimum absolute atomic E-state index is 0. The lowest BCUT2D eigenvalue weighted by atomic mass is 9.84. The Hall–Kier alpha value is -1.43. The monoisotopic (exact) mass is 540 g/mol. The molecule has 0 aliphatic carbocycles. The lowest BCUT2D eigenvalue weighted by Gasteiger charge is -2.26. The second-order valence-electron chi connectivity index (χ2n) is 7.66. The third-order valence-corrected chi connectivity index (χ3v) is 6.54. The van der Waals surface area contributed by atoms with Gasteiger partial charge in [0.05, 0.1) is 11.5 Å². The number of benzene rings is 1. The summed E-state index contributed by atoms with van der Waals surface area (Å²) in [5.74, 6) is 0.235. The van der Waals surface area contributed by atoms with E-state index in [4.69, 9.17) is 0 Å². The largest absolute Gasteiger partial charge is 0.356 e. The van der Waals surface area contributed by atoms with Crippen LogP contribution >= 0.6 is 24.0 Å². The Morgan fingerprint density at radius 1 is 1.31 bits per heavy atom. The van der Waals surface area contributed by atoms with Crippen molar-refractivity contribution in [1.82, 2.24) is 16.0 Å². The van der Waals surface area contributed by atoms with Gasteiger partial charge in [-0.2, -0.15) is 0 Å². The standard InChI is InChI=1S/C19H29FN4O3S.HI/c1-19(2,14-5-4-6-15(20)11-14)13-23-18(21-3)22-9-7-17(25)24-16-8-10-28(26,27)12-16;/h4-6,11,16H,7-10,12-13H2,1-3H3,(H,24,25)(H2,21,22,23);1H. The number of carbonyl (C=O) groups is 1. The summed E-state index contributed by atoms with van der Waals surface area (Å²) in [6, 6.07) is 6.22. The SMILES string of the molecule is CN=C(NCCC(=O)NC1CCS(=O)(=O)C1)NCC(C)(C)c1cccc(F)c1.I. The molecule has 1 fully saturated rings. The molecule has 29 heavy (non-hydrogen) atoms. The van der Waals surface area contributed by atoms with Gasteiger partial charge in [-0.05, 0) is 24.1 Å². The van der Waals surface area contributed by atoms with Gasteiger partial charge in [-0.25, -0.2) is 12.8 Å². The Morgan fingerprint density at radius 2 is 2.03 bits per heavy atom. The molecule has 1 saturated heterocycles. The van der Waals surface area contributed by atoms with Crippen molar-refractivity contribution in [3.63, 3.8) is 0 Å². The predicted octanol–water partition coefficient (Wildman–Crippen LogP) is 1.58. The van der Waals surface area contributed by atoms with E-state index >= 15 is 0 Å².